The number of ether oxygens (including phenoxy) is 1. The number of hydrogen-bond acceptors (Lipinski definition) is 3. The highest BCUT2D eigenvalue weighted by Crippen LogP contribution is 2.19. The Balaban J connectivity index is 2.35. The predicted octanol–water partition coefficient (Wildman–Crippen LogP) is 0.936. The molecule has 0 spiro atoms. The predicted molar refractivity (Wildman–Crippen MR) is 62.0 cm³/mol. The number of carbonyl (C=O) groups is 1. The number of amides is 1. The first-order chi connectivity index (χ1) is 7.44. The smallest absolute Gasteiger partial charge is 0.223 e. The molecule has 1 rings (SSSR count). The van der Waals surface area contributed by atoms with Crippen molar-refractivity contribution in [1.29, 1.82) is 0 Å². The maximum Gasteiger partial charge on any atom is 0.223 e. The Bertz CT molecular complexity index is 234. The third-order valence-electron chi connectivity index (χ3n) is 3.43. The van der Waals surface area contributed by atoms with Gasteiger partial charge in [0.05, 0.1) is 5.60 Å². The second-order valence-electron chi connectivity index (χ2n) is 5.09. The molecule has 1 unspecified atom stereocenters. The largest absolute Gasteiger partial charge is 0.388 e. The van der Waals surface area contributed by atoms with E-state index in [0.29, 0.717) is 38.5 Å². The Morgan fingerprint density at radius 1 is 1.38 bits per heavy atom. The molecule has 1 saturated heterocycles. The molecule has 2 N–H and O–H groups in total. The molecule has 0 aliphatic carbocycles. The molecule has 4 nitrogen and oxygen atoms in total. The minimum absolute atomic E-state index is 0.0107. The molecule has 94 valence electrons. The highest BCUT2D eigenvalue weighted by Gasteiger charge is 2.30. The molecule has 1 heterocycles. The zero-order valence-corrected chi connectivity index (χ0v) is 10.5. The minimum Gasteiger partial charge on any atom is -0.388 e. The summed E-state index contributed by atoms with van der Waals surface area (Å²) in [5.41, 5.74) is -0.773. The fourth-order valence-corrected chi connectivity index (χ4v) is 1.64. The SMILES string of the molecule is CC(C)C(C)C(=O)NCC1(O)CCOCC1. The summed E-state index contributed by atoms with van der Waals surface area (Å²) in [4.78, 5) is 11.7. The normalized spacial score (nSPS) is 21.8. The lowest BCUT2D eigenvalue weighted by molar-refractivity contribution is -0.128. The maximum atomic E-state index is 11.7. The molecular formula is C12H23NO3. The van der Waals surface area contributed by atoms with Crippen molar-refractivity contribution in [3.05, 3.63) is 0 Å². The molecule has 1 aliphatic heterocycles. The van der Waals surface area contributed by atoms with E-state index in [9.17, 15) is 9.90 Å². The molecule has 0 aromatic rings. The van der Waals surface area contributed by atoms with Crippen LogP contribution in [-0.2, 0) is 9.53 Å². The molecule has 0 aromatic heterocycles. The van der Waals surface area contributed by atoms with Gasteiger partial charge in [0.25, 0.3) is 0 Å². The summed E-state index contributed by atoms with van der Waals surface area (Å²) in [5.74, 6) is 0.336. The lowest BCUT2D eigenvalue weighted by Crippen LogP contribution is -2.48. The second-order valence-corrected chi connectivity index (χ2v) is 5.09. The Kier molecular flexibility index (Phi) is 4.74. The Morgan fingerprint density at radius 3 is 2.44 bits per heavy atom. The molecule has 4 heteroatoms. The quantitative estimate of drug-likeness (QED) is 0.754. The van der Waals surface area contributed by atoms with Gasteiger partial charge < -0.3 is 15.2 Å². The van der Waals surface area contributed by atoms with E-state index in [-0.39, 0.29) is 11.8 Å². The molecule has 0 aromatic carbocycles. The molecule has 16 heavy (non-hydrogen) atoms. The summed E-state index contributed by atoms with van der Waals surface area (Å²) in [5, 5.41) is 13.0. The first kappa shape index (κ1) is 13.5. The van der Waals surface area contributed by atoms with Gasteiger partial charge in [-0.1, -0.05) is 20.8 Å². The van der Waals surface area contributed by atoms with Crippen LogP contribution >= 0.6 is 0 Å². The topological polar surface area (TPSA) is 58.6 Å². The van der Waals surface area contributed by atoms with Crippen molar-refractivity contribution in [2.24, 2.45) is 11.8 Å². The zero-order chi connectivity index (χ0) is 12.2. The molecule has 0 bridgehead atoms. The van der Waals surface area contributed by atoms with Gasteiger partial charge in [-0.05, 0) is 5.92 Å². The van der Waals surface area contributed by atoms with Crippen molar-refractivity contribution < 1.29 is 14.6 Å². The van der Waals surface area contributed by atoms with Crippen molar-refractivity contribution in [2.75, 3.05) is 19.8 Å². The molecule has 1 amide bonds. The van der Waals surface area contributed by atoms with Crippen molar-refractivity contribution in [3.8, 4) is 0 Å². The van der Waals surface area contributed by atoms with Crippen molar-refractivity contribution in [1.82, 2.24) is 5.32 Å². The van der Waals surface area contributed by atoms with Gasteiger partial charge in [-0.3, -0.25) is 4.79 Å². The highest BCUT2D eigenvalue weighted by molar-refractivity contribution is 5.78. The average Bonchev–Trinajstić information content (AvgIpc) is 2.26. The fourth-order valence-electron chi connectivity index (χ4n) is 1.64. The zero-order valence-electron chi connectivity index (χ0n) is 10.5. The number of hydrogen-bond donors (Lipinski definition) is 2. The van der Waals surface area contributed by atoms with Crippen LogP contribution in [0.25, 0.3) is 0 Å². The van der Waals surface area contributed by atoms with Gasteiger partial charge in [0.15, 0.2) is 0 Å². The van der Waals surface area contributed by atoms with Crippen LogP contribution in [0.15, 0.2) is 0 Å². The second kappa shape index (κ2) is 5.64. The van der Waals surface area contributed by atoms with Gasteiger partial charge in [0.2, 0.25) is 5.91 Å². The van der Waals surface area contributed by atoms with E-state index < -0.39 is 5.60 Å². The molecule has 1 aliphatic rings. The Morgan fingerprint density at radius 2 is 1.94 bits per heavy atom. The summed E-state index contributed by atoms with van der Waals surface area (Å²) in [6.07, 6.45) is 1.20. The average molecular weight is 229 g/mol. The molecule has 0 saturated carbocycles. The molecule has 1 fully saturated rings. The summed E-state index contributed by atoms with van der Waals surface area (Å²) in [6, 6.07) is 0. The van der Waals surface area contributed by atoms with Crippen LogP contribution in [0.5, 0.6) is 0 Å². The highest BCUT2D eigenvalue weighted by atomic mass is 16.5. The summed E-state index contributed by atoms with van der Waals surface area (Å²) in [7, 11) is 0. The van der Waals surface area contributed by atoms with Crippen molar-refractivity contribution >= 4 is 5.91 Å². The van der Waals surface area contributed by atoms with Crippen molar-refractivity contribution in [2.45, 2.75) is 39.2 Å². The summed E-state index contributed by atoms with van der Waals surface area (Å²) >= 11 is 0. The first-order valence-corrected chi connectivity index (χ1v) is 6.02. The first-order valence-electron chi connectivity index (χ1n) is 6.02. The van der Waals surface area contributed by atoms with Gasteiger partial charge >= 0.3 is 0 Å². The van der Waals surface area contributed by atoms with Gasteiger partial charge in [0.1, 0.15) is 0 Å². The lowest BCUT2D eigenvalue weighted by atomic mass is 9.93. The van der Waals surface area contributed by atoms with E-state index in [2.05, 4.69) is 5.32 Å². The van der Waals surface area contributed by atoms with E-state index in [1.807, 2.05) is 20.8 Å². The van der Waals surface area contributed by atoms with E-state index in [1.165, 1.54) is 0 Å². The number of rotatable bonds is 4. The molecule has 1 atom stereocenters. The fraction of sp³-hybridized carbons (Fsp3) is 0.917. The van der Waals surface area contributed by atoms with Gasteiger partial charge in [-0.2, -0.15) is 0 Å². The summed E-state index contributed by atoms with van der Waals surface area (Å²) in [6.45, 7) is 7.44. The minimum atomic E-state index is -0.773. The Labute approximate surface area is 97.4 Å². The van der Waals surface area contributed by atoms with Gasteiger partial charge in [0, 0.05) is 38.5 Å². The van der Waals surface area contributed by atoms with E-state index in [1.54, 1.807) is 0 Å². The third-order valence-corrected chi connectivity index (χ3v) is 3.43. The third kappa shape index (κ3) is 3.76. The van der Waals surface area contributed by atoms with Crippen molar-refractivity contribution in [3.63, 3.8) is 0 Å². The van der Waals surface area contributed by atoms with Crippen LogP contribution in [0.3, 0.4) is 0 Å². The number of aliphatic hydroxyl groups is 1. The van der Waals surface area contributed by atoms with E-state index in [4.69, 9.17) is 4.74 Å². The summed E-state index contributed by atoms with van der Waals surface area (Å²) < 4.78 is 5.18. The van der Waals surface area contributed by atoms with Crippen LogP contribution in [0.4, 0.5) is 0 Å². The maximum absolute atomic E-state index is 11.7. The van der Waals surface area contributed by atoms with Gasteiger partial charge in [-0.15, -0.1) is 0 Å². The van der Waals surface area contributed by atoms with E-state index >= 15 is 0 Å². The van der Waals surface area contributed by atoms with Gasteiger partial charge in [-0.25, -0.2) is 0 Å². The number of carbonyl (C=O) groups excluding carboxylic acids is 1. The van der Waals surface area contributed by atoms with Crippen LogP contribution in [0, 0.1) is 11.8 Å². The lowest BCUT2D eigenvalue weighted by Gasteiger charge is -2.32. The standard InChI is InChI=1S/C12H23NO3/c1-9(2)10(3)11(14)13-8-12(15)4-6-16-7-5-12/h9-10,15H,4-8H2,1-3H3,(H,13,14). The Hall–Kier alpha value is -0.610. The van der Waals surface area contributed by atoms with Crippen LogP contribution in [0.2, 0.25) is 0 Å². The monoisotopic (exact) mass is 229 g/mol. The molecular weight excluding hydrogens is 206 g/mol. The van der Waals surface area contributed by atoms with Crippen LogP contribution in [0.1, 0.15) is 33.6 Å². The number of nitrogens with one attached hydrogen (secondary N) is 1. The van der Waals surface area contributed by atoms with Crippen LogP contribution < -0.4 is 5.32 Å². The van der Waals surface area contributed by atoms with Crippen LogP contribution in [-0.4, -0.2) is 36.4 Å². The van der Waals surface area contributed by atoms with E-state index in [0.717, 1.165) is 0 Å². The molecule has 0 radical (unpaired) electrons.